The molecule has 0 atom stereocenters. The second kappa shape index (κ2) is 9.59. The van der Waals surface area contributed by atoms with Crippen LogP contribution >= 0.6 is 0 Å². The standard InChI is InChI=1S/C22H23N3O5S/c1-24(2)31(28,29)25-13-12-23-22(25)19(15-21(26)27)14-17-8-10-20(11-9-17)30-16-18-6-4-3-5-7-18/h3-13,15H,14,16H2,1-2H3,(H,26,27)/b19-15-. The van der Waals surface area contributed by atoms with Crippen molar-refractivity contribution in [3.8, 4) is 5.75 Å². The zero-order valence-corrected chi connectivity index (χ0v) is 18.0. The molecule has 1 N–H and O–H groups in total. The zero-order valence-electron chi connectivity index (χ0n) is 17.2. The van der Waals surface area contributed by atoms with Gasteiger partial charge in [-0.15, -0.1) is 0 Å². The molecule has 9 heteroatoms. The summed E-state index contributed by atoms with van der Waals surface area (Å²) in [5, 5.41) is 9.29. The Bertz CT molecular complexity index is 1170. The Morgan fingerprint density at radius 2 is 1.77 bits per heavy atom. The molecule has 31 heavy (non-hydrogen) atoms. The van der Waals surface area contributed by atoms with Gasteiger partial charge in [0.05, 0.1) is 0 Å². The predicted molar refractivity (Wildman–Crippen MR) is 117 cm³/mol. The maximum atomic E-state index is 12.5. The number of carboxylic acids is 1. The van der Waals surface area contributed by atoms with Crippen molar-refractivity contribution in [2.45, 2.75) is 13.0 Å². The van der Waals surface area contributed by atoms with E-state index in [1.807, 2.05) is 42.5 Å². The van der Waals surface area contributed by atoms with Gasteiger partial charge in [0.15, 0.2) is 5.82 Å². The normalized spacial score (nSPS) is 12.2. The molecule has 162 valence electrons. The number of ether oxygens (including phenoxy) is 1. The molecule has 0 fully saturated rings. The van der Waals surface area contributed by atoms with E-state index in [1.54, 1.807) is 12.1 Å². The van der Waals surface area contributed by atoms with Crippen LogP contribution in [-0.4, -0.2) is 46.9 Å². The van der Waals surface area contributed by atoms with Gasteiger partial charge in [0.2, 0.25) is 0 Å². The van der Waals surface area contributed by atoms with Gasteiger partial charge in [-0.05, 0) is 23.3 Å². The van der Waals surface area contributed by atoms with E-state index in [1.165, 1.54) is 26.5 Å². The lowest BCUT2D eigenvalue weighted by molar-refractivity contribution is -0.131. The third-order valence-electron chi connectivity index (χ3n) is 4.47. The Hall–Kier alpha value is -3.43. The van der Waals surface area contributed by atoms with Gasteiger partial charge in [0, 0.05) is 44.6 Å². The summed E-state index contributed by atoms with van der Waals surface area (Å²) in [6, 6.07) is 17.0. The molecule has 3 rings (SSSR count). The first-order chi connectivity index (χ1) is 14.8. The Kier molecular flexibility index (Phi) is 6.88. The highest BCUT2D eigenvalue weighted by molar-refractivity contribution is 7.87. The number of nitrogens with zero attached hydrogens (tertiary/aromatic N) is 3. The first-order valence-electron chi connectivity index (χ1n) is 9.43. The van der Waals surface area contributed by atoms with E-state index < -0.39 is 16.2 Å². The molecule has 0 aliphatic carbocycles. The largest absolute Gasteiger partial charge is 0.489 e. The monoisotopic (exact) mass is 441 g/mol. The van der Waals surface area contributed by atoms with Gasteiger partial charge < -0.3 is 9.84 Å². The van der Waals surface area contributed by atoms with Crippen LogP contribution in [0, 0.1) is 0 Å². The van der Waals surface area contributed by atoms with Crippen molar-refractivity contribution < 1.29 is 23.1 Å². The van der Waals surface area contributed by atoms with E-state index in [4.69, 9.17) is 4.74 Å². The molecule has 0 saturated heterocycles. The molecular formula is C22H23N3O5S. The summed E-state index contributed by atoms with van der Waals surface area (Å²) in [4.78, 5) is 15.5. The van der Waals surface area contributed by atoms with Crippen molar-refractivity contribution in [3.05, 3.63) is 90.0 Å². The quantitative estimate of drug-likeness (QED) is 0.513. The number of aromatic nitrogens is 2. The number of carbonyl (C=O) groups is 1. The molecule has 0 bridgehead atoms. The lowest BCUT2D eigenvalue weighted by atomic mass is 10.0. The maximum absolute atomic E-state index is 12.5. The van der Waals surface area contributed by atoms with E-state index in [2.05, 4.69) is 4.98 Å². The number of rotatable bonds is 9. The van der Waals surface area contributed by atoms with E-state index in [0.29, 0.717) is 12.4 Å². The van der Waals surface area contributed by atoms with Crippen molar-refractivity contribution >= 4 is 21.8 Å². The third-order valence-corrected chi connectivity index (χ3v) is 6.18. The molecule has 0 radical (unpaired) electrons. The van der Waals surface area contributed by atoms with Gasteiger partial charge in [0.25, 0.3) is 0 Å². The first-order valence-corrected chi connectivity index (χ1v) is 10.8. The van der Waals surface area contributed by atoms with Gasteiger partial charge in [-0.2, -0.15) is 12.7 Å². The van der Waals surface area contributed by atoms with Crippen LogP contribution in [0.5, 0.6) is 5.75 Å². The summed E-state index contributed by atoms with van der Waals surface area (Å²) in [5.74, 6) is -0.455. The molecular weight excluding hydrogens is 418 g/mol. The lowest BCUT2D eigenvalue weighted by Crippen LogP contribution is -2.29. The Labute approximate surface area is 181 Å². The molecule has 0 amide bonds. The van der Waals surface area contributed by atoms with Crippen molar-refractivity contribution in [1.82, 2.24) is 13.3 Å². The minimum Gasteiger partial charge on any atom is -0.489 e. The van der Waals surface area contributed by atoms with E-state index in [-0.39, 0.29) is 17.8 Å². The van der Waals surface area contributed by atoms with Crippen LogP contribution in [0.15, 0.2) is 73.1 Å². The lowest BCUT2D eigenvalue weighted by Gasteiger charge is -2.16. The van der Waals surface area contributed by atoms with Crippen LogP contribution < -0.4 is 4.74 Å². The maximum Gasteiger partial charge on any atom is 0.328 e. The first kappa shape index (κ1) is 22.3. The second-order valence-electron chi connectivity index (χ2n) is 6.94. The SMILES string of the molecule is CN(C)S(=O)(=O)n1ccnc1/C(=C\C(=O)O)Cc1ccc(OCc2ccccc2)cc1. The molecule has 1 heterocycles. The number of imidazole rings is 1. The second-order valence-corrected chi connectivity index (χ2v) is 8.96. The predicted octanol–water partition coefficient (Wildman–Crippen LogP) is 2.83. The van der Waals surface area contributed by atoms with Crippen LogP contribution in [0.25, 0.3) is 5.57 Å². The Balaban J connectivity index is 1.80. The fourth-order valence-electron chi connectivity index (χ4n) is 2.89. The zero-order chi connectivity index (χ0) is 22.4. The van der Waals surface area contributed by atoms with Crippen molar-refractivity contribution in [2.24, 2.45) is 0 Å². The molecule has 0 saturated carbocycles. The van der Waals surface area contributed by atoms with Gasteiger partial charge in [0.1, 0.15) is 12.4 Å². The Morgan fingerprint density at radius 1 is 1.10 bits per heavy atom. The summed E-state index contributed by atoms with van der Waals surface area (Å²) >= 11 is 0. The molecule has 8 nitrogen and oxygen atoms in total. The van der Waals surface area contributed by atoms with Gasteiger partial charge in [-0.1, -0.05) is 42.5 Å². The highest BCUT2D eigenvalue weighted by atomic mass is 32.2. The van der Waals surface area contributed by atoms with Gasteiger partial charge >= 0.3 is 16.2 Å². The highest BCUT2D eigenvalue weighted by Gasteiger charge is 2.22. The summed E-state index contributed by atoms with van der Waals surface area (Å²) < 4.78 is 32.9. The average Bonchev–Trinajstić information content (AvgIpc) is 3.24. The molecule has 0 unspecified atom stereocenters. The smallest absolute Gasteiger partial charge is 0.328 e. The molecule has 0 aliphatic rings. The number of allylic oxidation sites excluding steroid dienone is 1. The fraction of sp³-hybridized carbons (Fsp3) is 0.182. The van der Waals surface area contributed by atoms with Crippen LogP contribution in [0.2, 0.25) is 0 Å². The minimum atomic E-state index is -3.84. The molecule has 3 aromatic rings. The van der Waals surface area contributed by atoms with Crippen LogP contribution in [-0.2, 0) is 28.0 Å². The van der Waals surface area contributed by atoms with Gasteiger partial charge in [-0.25, -0.2) is 13.8 Å². The van der Waals surface area contributed by atoms with E-state index in [9.17, 15) is 18.3 Å². The number of hydrogen-bond donors (Lipinski definition) is 1. The molecule has 0 spiro atoms. The van der Waals surface area contributed by atoms with Crippen LogP contribution in [0.4, 0.5) is 0 Å². The number of carboxylic acid groups (broad SMARTS) is 1. The summed E-state index contributed by atoms with van der Waals surface area (Å²) in [7, 11) is -1.05. The van der Waals surface area contributed by atoms with Gasteiger partial charge in [-0.3, -0.25) is 0 Å². The molecule has 0 aliphatic heterocycles. The topological polar surface area (TPSA) is 102 Å². The van der Waals surface area contributed by atoms with E-state index >= 15 is 0 Å². The van der Waals surface area contributed by atoms with Crippen molar-refractivity contribution in [2.75, 3.05) is 14.1 Å². The van der Waals surface area contributed by atoms with Crippen LogP contribution in [0.1, 0.15) is 17.0 Å². The molecule has 1 aromatic heterocycles. The van der Waals surface area contributed by atoms with E-state index in [0.717, 1.165) is 25.5 Å². The average molecular weight is 442 g/mol. The third kappa shape index (κ3) is 5.59. The van der Waals surface area contributed by atoms with Crippen molar-refractivity contribution in [1.29, 1.82) is 0 Å². The summed E-state index contributed by atoms with van der Waals surface area (Å²) in [6.07, 6.45) is 3.78. The number of hydrogen-bond acceptors (Lipinski definition) is 5. The fourth-order valence-corrected chi connectivity index (χ4v) is 3.83. The summed E-state index contributed by atoms with van der Waals surface area (Å²) in [5.41, 5.74) is 2.10. The van der Waals surface area contributed by atoms with Crippen molar-refractivity contribution in [3.63, 3.8) is 0 Å². The molecule has 2 aromatic carbocycles. The number of benzene rings is 2. The van der Waals surface area contributed by atoms with Crippen LogP contribution in [0.3, 0.4) is 0 Å². The highest BCUT2D eigenvalue weighted by Crippen LogP contribution is 2.22. The Morgan fingerprint density at radius 3 is 2.39 bits per heavy atom. The minimum absolute atomic E-state index is 0.0560. The summed E-state index contributed by atoms with van der Waals surface area (Å²) in [6.45, 7) is 0.435. The number of aliphatic carboxylic acids is 1.